The van der Waals surface area contributed by atoms with Gasteiger partial charge < -0.3 is 5.11 Å². The fourth-order valence-corrected chi connectivity index (χ4v) is 4.11. The Balaban J connectivity index is 1.93. The highest BCUT2D eigenvalue weighted by atomic mass is 16.4. The molecule has 0 spiro atoms. The molecule has 0 radical (unpaired) electrons. The molecule has 1 heterocycles. The highest BCUT2D eigenvalue weighted by Gasteiger charge is 2.56. The maximum absolute atomic E-state index is 12.6. The van der Waals surface area contributed by atoms with Crippen LogP contribution in [-0.4, -0.2) is 33.8 Å². The fourth-order valence-electron chi connectivity index (χ4n) is 4.11. The van der Waals surface area contributed by atoms with Gasteiger partial charge in [0.2, 0.25) is 11.8 Å². The van der Waals surface area contributed by atoms with Crippen molar-refractivity contribution in [2.24, 2.45) is 17.3 Å². The van der Waals surface area contributed by atoms with E-state index in [1.807, 2.05) is 12.2 Å². The Hall–Kier alpha value is -1.65. The van der Waals surface area contributed by atoms with Gasteiger partial charge in [-0.2, -0.15) is 0 Å². The van der Waals surface area contributed by atoms with E-state index in [1.54, 1.807) is 6.92 Å². The molecule has 2 fully saturated rings. The molecule has 4 atom stereocenters. The summed E-state index contributed by atoms with van der Waals surface area (Å²) in [4.78, 5) is 38.3. The second-order valence-electron chi connectivity index (χ2n) is 6.69. The SMILES string of the molecule is CC1(C(=O)O)CCCCC1N1C(=O)[C@H]2CC=CC[C@H]2C1=O. The zero-order valence-electron chi connectivity index (χ0n) is 12.2. The largest absolute Gasteiger partial charge is 0.481 e. The van der Waals surface area contributed by atoms with Gasteiger partial charge in [-0.05, 0) is 32.6 Å². The van der Waals surface area contributed by atoms with Crippen LogP contribution in [0.15, 0.2) is 12.2 Å². The van der Waals surface area contributed by atoms with Crippen LogP contribution >= 0.6 is 0 Å². The first kappa shape index (κ1) is 14.3. The summed E-state index contributed by atoms with van der Waals surface area (Å²) in [6.45, 7) is 1.68. The van der Waals surface area contributed by atoms with Crippen LogP contribution in [0.1, 0.15) is 45.4 Å². The monoisotopic (exact) mass is 291 g/mol. The van der Waals surface area contributed by atoms with Gasteiger partial charge in [-0.15, -0.1) is 0 Å². The van der Waals surface area contributed by atoms with Crippen LogP contribution < -0.4 is 0 Å². The first-order chi connectivity index (χ1) is 9.97. The minimum absolute atomic E-state index is 0.159. The summed E-state index contributed by atoms with van der Waals surface area (Å²) >= 11 is 0. The highest BCUT2D eigenvalue weighted by Crippen LogP contribution is 2.44. The molecule has 1 saturated heterocycles. The first-order valence-corrected chi connectivity index (χ1v) is 7.72. The fraction of sp³-hybridized carbons (Fsp3) is 0.688. The van der Waals surface area contributed by atoms with Crippen molar-refractivity contribution in [3.63, 3.8) is 0 Å². The third kappa shape index (κ3) is 2.01. The molecule has 0 aromatic rings. The van der Waals surface area contributed by atoms with Gasteiger partial charge in [-0.1, -0.05) is 25.0 Å². The van der Waals surface area contributed by atoms with Crippen LogP contribution in [-0.2, 0) is 14.4 Å². The van der Waals surface area contributed by atoms with E-state index >= 15 is 0 Å². The van der Waals surface area contributed by atoms with Gasteiger partial charge in [-0.25, -0.2) is 0 Å². The lowest BCUT2D eigenvalue weighted by molar-refractivity contribution is -0.160. The van der Waals surface area contributed by atoms with Crippen LogP contribution in [0, 0.1) is 17.3 Å². The quantitative estimate of drug-likeness (QED) is 0.623. The lowest BCUT2D eigenvalue weighted by Crippen LogP contribution is -2.54. The van der Waals surface area contributed by atoms with Crippen molar-refractivity contribution in [2.45, 2.75) is 51.5 Å². The number of imide groups is 1. The minimum atomic E-state index is -1.01. The van der Waals surface area contributed by atoms with Gasteiger partial charge >= 0.3 is 5.97 Å². The highest BCUT2D eigenvalue weighted by molar-refractivity contribution is 6.06. The number of rotatable bonds is 2. The zero-order chi connectivity index (χ0) is 15.2. The third-order valence-corrected chi connectivity index (χ3v) is 5.50. The average molecular weight is 291 g/mol. The summed E-state index contributed by atoms with van der Waals surface area (Å²) in [6.07, 6.45) is 7.94. The number of likely N-dealkylation sites (tertiary alicyclic amines) is 1. The maximum Gasteiger partial charge on any atom is 0.311 e. The number of fused-ring (bicyclic) bond motifs is 1. The Morgan fingerprint density at radius 1 is 1.19 bits per heavy atom. The predicted molar refractivity (Wildman–Crippen MR) is 75.2 cm³/mol. The minimum Gasteiger partial charge on any atom is -0.481 e. The van der Waals surface area contributed by atoms with Gasteiger partial charge in [0.05, 0.1) is 23.3 Å². The number of aliphatic carboxylic acids is 1. The van der Waals surface area contributed by atoms with E-state index < -0.39 is 17.4 Å². The average Bonchev–Trinajstić information content (AvgIpc) is 2.72. The third-order valence-electron chi connectivity index (χ3n) is 5.50. The van der Waals surface area contributed by atoms with E-state index in [1.165, 1.54) is 4.90 Å². The first-order valence-electron chi connectivity index (χ1n) is 7.72. The Bertz CT molecular complexity index is 500. The maximum atomic E-state index is 12.6. The number of carbonyl (C=O) groups excluding carboxylic acids is 2. The molecule has 0 bridgehead atoms. The number of hydrogen-bond acceptors (Lipinski definition) is 3. The van der Waals surface area contributed by atoms with E-state index in [0.29, 0.717) is 25.7 Å². The lowest BCUT2D eigenvalue weighted by atomic mass is 9.71. The molecule has 21 heavy (non-hydrogen) atoms. The normalized spacial score (nSPS) is 39.5. The van der Waals surface area contributed by atoms with Crippen molar-refractivity contribution in [2.75, 3.05) is 0 Å². The van der Waals surface area contributed by atoms with Crippen LogP contribution in [0.5, 0.6) is 0 Å². The standard InChI is InChI=1S/C16H21NO4/c1-16(15(20)21)9-5-4-8-12(16)17-13(18)10-6-2-3-7-11(10)14(17)19/h2-3,10-12H,4-9H2,1H3,(H,20,21)/t10-,11+,12?,16?. The Morgan fingerprint density at radius 3 is 2.29 bits per heavy atom. The van der Waals surface area contributed by atoms with Gasteiger partial charge in [0.1, 0.15) is 0 Å². The van der Waals surface area contributed by atoms with Gasteiger partial charge in [0.15, 0.2) is 0 Å². The van der Waals surface area contributed by atoms with Gasteiger partial charge in [0.25, 0.3) is 0 Å². The summed E-state index contributed by atoms with van der Waals surface area (Å²) in [7, 11) is 0. The second-order valence-corrected chi connectivity index (χ2v) is 6.69. The van der Waals surface area contributed by atoms with Crippen molar-refractivity contribution in [3.8, 4) is 0 Å². The van der Waals surface area contributed by atoms with Crippen molar-refractivity contribution in [1.82, 2.24) is 4.90 Å². The molecule has 3 aliphatic rings. The molecule has 114 valence electrons. The Morgan fingerprint density at radius 2 is 1.76 bits per heavy atom. The van der Waals surface area contributed by atoms with Gasteiger partial charge in [0, 0.05) is 0 Å². The molecule has 5 heteroatoms. The second kappa shape index (κ2) is 4.97. The summed E-state index contributed by atoms with van der Waals surface area (Å²) < 4.78 is 0. The summed E-state index contributed by atoms with van der Waals surface area (Å²) in [6, 6.07) is -0.491. The molecular formula is C16H21NO4. The topological polar surface area (TPSA) is 74.7 Å². The molecule has 3 rings (SSSR count). The number of allylic oxidation sites excluding steroid dienone is 2. The molecule has 1 aliphatic heterocycles. The summed E-state index contributed by atoms with van der Waals surface area (Å²) in [5.74, 6) is -1.77. The van der Waals surface area contributed by atoms with Crippen LogP contribution in [0.25, 0.3) is 0 Å². The molecule has 5 nitrogen and oxygen atoms in total. The van der Waals surface area contributed by atoms with Crippen LogP contribution in [0.3, 0.4) is 0 Å². The Labute approximate surface area is 124 Å². The van der Waals surface area contributed by atoms with Crippen LogP contribution in [0.4, 0.5) is 0 Å². The summed E-state index contributed by atoms with van der Waals surface area (Å²) in [5, 5.41) is 9.60. The number of carboxylic acid groups (broad SMARTS) is 1. The molecule has 2 amide bonds. The molecule has 0 aromatic carbocycles. The number of hydrogen-bond donors (Lipinski definition) is 1. The number of carbonyl (C=O) groups is 3. The molecular weight excluding hydrogens is 270 g/mol. The van der Waals surface area contributed by atoms with Crippen molar-refractivity contribution < 1.29 is 19.5 Å². The van der Waals surface area contributed by atoms with E-state index in [9.17, 15) is 19.5 Å². The number of nitrogens with zero attached hydrogens (tertiary/aromatic N) is 1. The molecule has 2 unspecified atom stereocenters. The molecule has 0 aromatic heterocycles. The van der Waals surface area contributed by atoms with Gasteiger partial charge in [-0.3, -0.25) is 19.3 Å². The van der Waals surface area contributed by atoms with Crippen molar-refractivity contribution in [1.29, 1.82) is 0 Å². The van der Waals surface area contributed by atoms with E-state index in [2.05, 4.69) is 0 Å². The Kier molecular flexibility index (Phi) is 3.38. The van der Waals surface area contributed by atoms with E-state index in [-0.39, 0.29) is 23.7 Å². The molecule has 1 N–H and O–H groups in total. The van der Waals surface area contributed by atoms with E-state index in [4.69, 9.17) is 0 Å². The van der Waals surface area contributed by atoms with Crippen molar-refractivity contribution >= 4 is 17.8 Å². The molecule has 2 aliphatic carbocycles. The predicted octanol–water partition coefficient (Wildman–Crippen LogP) is 1.97. The van der Waals surface area contributed by atoms with Crippen molar-refractivity contribution in [3.05, 3.63) is 12.2 Å². The van der Waals surface area contributed by atoms with E-state index in [0.717, 1.165) is 12.8 Å². The summed E-state index contributed by atoms with van der Waals surface area (Å²) in [5.41, 5.74) is -1.01. The molecule has 1 saturated carbocycles. The lowest BCUT2D eigenvalue weighted by Gasteiger charge is -2.42. The van der Waals surface area contributed by atoms with Crippen LogP contribution in [0.2, 0.25) is 0 Å². The number of amides is 2. The number of carboxylic acids is 1. The zero-order valence-corrected chi connectivity index (χ0v) is 12.2. The smallest absolute Gasteiger partial charge is 0.311 e.